The van der Waals surface area contributed by atoms with Crippen molar-refractivity contribution < 1.29 is 8.78 Å². The topological polar surface area (TPSA) is 49.4 Å². The first-order valence-electron chi connectivity index (χ1n) is 7.60. The molecule has 1 unspecified atom stereocenters. The van der Waals surface area contributed by atoms with Gasteiger partial charge in [0.15, 0.2) is 17.3 Å². The molecule has 3 aromatic carbocycles. The lowest BCUT2D eigenvalue weighted by Gasteiger charge is -2.05. The summed E-state index contributed by atoms with van der Waals surface area (Å²) in [5.41, 5.74) is 0.914. The molecule has 0 spiro atoms. The number of halogens is 2. The van der Waals surface area contributed by atoms with Gasteiger partial charge in [-0.2, -0.15) is 15.3 Å². The maximum Gasteiger partial charge on any atom is 0.206 e. The van der Waals surface area contributed by atoms with Crippen molar-refractivity contribution >= 4 is 11.4 Å². The molecule has 25 heavy (non-hydrogen) atoms. The number of nitrogens with zero attached hydrogens (tertiary/aromatic N) is 4. The molecular weight excluding hydrogens is 322 g/mol. The van der Waals surface area contributed by atoms with Crippen LogP contribution in [0.1, 0.15) is 11.7 Å². The molecule has 0 heterocycles. The first-order chi connectivity index (χ1) is 12.2. The minimum absolute atomic E-state index is 0.446. The van der Waals surface area contributed by atoms with Crippen molar-refractivity contribution in [3.05, 3.63) is 96.1 Å². The zero-order chi connectivity index (χ0) is 17.5. The van der Waals surface area contributed by atoms with Crippen LogP contribution in [0.15, 0.2) is 99.3 Å². The molecule has 0 N–H and O–H groups in total. The fraction of sp³-hybridized carbons (Fsp3) is 0.0526. The summed E-state index contributed by atoms with van der Waals surface area (Å²) in [5, 5.41) is 16.0. The number of hydrogen-bond donors (Lipinski definition) is 0. The first-order valence-corrected chi connectivity index (χ1v) is 7.60. The SMILES string of the molecule is Fc1cccc(F)c1N=NC(N=Nc1ccccc1)c1ccccc1. The van der Waals surface area contributed by atoms with Crippen molar-refractivity contribution in [1.82, 2.24) is 0 Å². The Morgan fingerprint density at radius 1 is 0.600 bits per heavy atom. The highest BCUT2D eigenvalue weighted by Crippen LogP contribution is 2.27. The van der Waals surface area contributed by atoms with Crippen molar-refractivity contribution in [2.24, 2.45) is 20.5 Å². The Morgan fingerprint density at radius 3 is 1.80 bits per heavy atom. The smallest absolute Gasteiger partial charge is 0.204 e. The third kappa shape index (κ3) is 4.38. The highest BCUT2D eigenvalue weighted by molar-refractivity contribution is 5.39. The van der Waals surface area contributed by atoms with E-state index >= 15 is 0 Å². The molecule has 0 aliphatic rings. The van der Waals surface area contributed by atoms with Gasteiger partial charge >= 0.3 is 0 Å². The van der Waals surface area contributed by atoms with Gasteiger partial charge in [0.25, 0.3) is 0 Å². The van der Waals surface area contributed by atoms with Crippen LogP contribution in [0.2, 0.25) is 0 Å². The predicted octanol–water partition coefficient (Wildman–Crippen LogP) is 6.53. The minimum Gasteiger partial charge on any atom is -0.204 e. The monoisotopic (exact) mass is 336 g/mol. The fourth-order valence-corrected chi connectivity index (χ4v) is 2.09. The second-order valence-electron chi connectivity index (χ2n) is 5.12. The van der Waals surface area contributed by atoms with Crippen LogP contribution < -0.4 is 0 Å². The minimum atomic E-state index is -0.805. The van der Waals surface area contributed by atoms with E-state index in [1.165, 1.54) is 6.07 Å². The predicted molar refractivity (Wildman–Crippen MR) is 91.0 cm³/mol. The van der Waals surface area contributed by atoms with E-state index < -0.39 is 23.5 Å². The molecule has 0 saturated heterocycles. The molecular formula is C19H14F2N4. The first kappa shape index (κ1) is 16.6. The van der Waals surface area contributed by atoms with Gasteiger partial charge in [0.05, 0.1) is 5.69 Å². The van der Waals surface area contributed by atoms with E-state index in [9.17, 15) is 8.78 Å². The second-order valence-corrected chi connectivity index (χ2v) is 5.12. The molecule has 3 aromatic rings. The van der Waals surface area contributed by atoms with Gasteiger partial charge in [0, 0.05) is 5.56 Å². The maximum atomic E-state index is 13.7. The normalized spacial score (nSPS) is 12.7. The third-order valence-electron chi connectivity index (χ3n) is 3.34. The van der Waals surface area contributed by atoms with Crippen molar-refractivity contribution in [3.8, 4) is 0 Å². The highest BCUT2D eigenvalue weighted by atomic mass is 19.1. The standard InChI is InChI=1S/C19H14F2N4/c20-16-12-7-13-17(21)18(16)23-25-19(14-8-3-1-4-9-14)24-22-15-10-5-2-6-11-15/h1-13,19H. The van der Waals surface area contributed by atoms with Crippen molar-refractivity contribution in [1.29, 1.82) is 0 Å². The summed E-state index contributed by atoms with van der Waals surface area (Å²) in [7, 11) is 0. The lowest BCUT2D eigenvalue weighted by atomic mass is 10.2. The van der Waals surface area contributed by atoms with Crippen molar-refractivity contribution in [3.63, 3.8) is 0 Å². The molecule has 0 radical (unpaired) electrons. The molecule has 0 bridgehead atoms. The van der Waals surface area contributed by atoms with E-state index in [1.54, 1.807) is 24.3 Å². The largest absolute Gasteiger partial charge is 0.206 e. The highest BCUT2D eigenvalue weighted by Gasteiger charge is 2.11. The van der Waals surface area contributed by atoms with Gasteiger partial charge in [0.1, 0.15) is 0 Å². The number of rotatable bonds is 5. The van der Waals surface area contributed by atoms with Crippen LogP contribution in [0.3, 0.4) is 0 Å². The molecule has 124 valence electrons. The summed E-state index contributed by atoms with van der Waals surface area (Å²) in [5.74, 6) is -1.56. The maximum absolute atomic E-state index is 13.7. The summed E-state index contributed by atoms with van der Waals surface area (Å²) in [6, 6.07) is 21.7. The summed E-state index contributed by atoms with van der Waals surface area (Å²) >= 11 is 0. The zero-order valence-corrected chi connectivity index (χ0v) is 13.1. The van der Waals surface area contributed by atoms with E-state index in [1.807, 2.05) is 36.4 Å². The number of hydrogen-bond acceptors (Lipinski definition) is 4. The molecule has 0 aliphatic carbocycles. The Bertz CT molecular complexity index is 860. The summed E-state index contributed by atoms with van der Waals surface area (Å²) < 4.78 is 27.4. The Balaban J connectivity index is 1.92. The zero-order valence-electron chi connectivity index (χ0n) is 13.1. The van der Waals surface area contributed by atoms with Gasteiger partial charge in [0.2, 0.25) is 6.17 Å². The third-order valence-corrected chi connectivity index (χ3v) is 3.34. The van der Waals surface area contributed by atoms with Crippen molar-refractivity contribution in [2.75, 3.05) is 0 Å². The molecule has 0 amide bonds. The van der Waals surface area contributed by atoms with Gasteiger partial charge in [-0.25, -0.2) is 8.78 Å². The van der Waals surface area contributed by atoms with Gasteiger partial charge in [-0.15, -0.1) is 5.11 Å². The lowest BCUT2D eigenvalue weighted by molar-refractivity contribution is 0.579. The van der Waals surface area contributed by atoms with Gasteiger partial charge in [-0.1, -0.05) is 54.6 Å². The fourth-order valence-electron chi connectivity index (χ4n) is 2.09. The van der Waals surface area contributed by atoms with Crippen LogP contribution in [0.25, 0.3) is 0 Å². The molecule has 0 aliphatic heterocycles. The molecule has 3 rings (SSSR count). The van der Waals surface area contributed by atoms with Crippen LogP contribution in [0.4, 0.5) is 20.2 Å². The molecule has 0 saturated carbocycles. The Kier molecular flexibility index (Phi) is 5.31. The summed E-state index contributed by atoms with van der Waals surface area (Å²) in [6.45, 7) is 0. The quantitative estimate of drug-likeness (QED) is 0.476. The van der Waals surface area contributed by atoms with Gasteiger partial charge < -0.3 is 0 Å². The number of azo groups is 2. The van der Waals surface area contributed by atoms with Crippen LogP contribution in [-0.4, -0.2) is 0 Å². The van der Waals surface area contributed by atoms with E-state index in [4.69, 9.17) is 0 Å². The average molecular weight is 336 g/mol. The van der Waals surface area contributed by atoms with Crippen LogP contribution in [-0.2, 0) is 0 Å². The molecule has 0 aromatic heterocycles. The summed E-state index contributed by atoms with van der Waals surface area (Å²) in [4.78, 5) is 0. The van der Waals surface area contributed by atoms with Gasteiger partial charge in [-0.3, -0.25) is 0 Å². The van der Waals surface area contributed by atoms with E-state index in [0.717, 1.165) is 12.1 Å². The lowest BCUT2D eigenvalue weighted by Crippen LogP contribution is -1.90. The van der Waals surface area contributed by atoms with E-state index in [2.05, 4.69) is 20.5 Å². The Morgan fingerprint density at radius 2 is 1.16 bits per heavy atom. The molecule has 0 fully saturated rings. The van der Waals surface area contributed by atoms with E-state index in [0.29, 0.717) is 11.3 Å². The van der Waals surface area contributed by atoms with Crippen LogP contribution in [0.5, 0.6) is 0 Å². The second kappa shape index (κ2) is 8.01. The molecule has 1 atom stereocenters. The molecule has 4 nitrogen and oxygen atoms in total. The molecule has 6 heteroatoms. The Hall–Kier alpha value is -3.28. The van der Waals surface area contributed by atoms with Gasteiger partial charge in [-0.05, 0) is 24.3 Å². The van der Waals surface area contributed by atoms with E-state index in [-0.39, 0.29) is 0 Å². The van der Waals surface area contributed by atoms with Crippen LogP contribution in [0, 0.1) is 11.6 Å². The van der Waals surface area contributed by atoms with Crippen LogP contribution >= 0.6 is 0 Å². The number of benzene rings is 3. The van der Waals surface area contributed by atoms with Crippen molar-refractivity contribution in [2.45, 2.75) is 6.17 Å². The average Bonchev–Trinajstić information content (AvgIpc) is 2.65. The summed E-state index contributed by atoms with van der Waals surface area (Å²) in [6.07, 6.45) is -0.805. The Labute approximate surface area is 143 Å².